The second-order valence-corrected chi connectivity index (χ2v) is 6.73. The van der Waals surface area contributed by atoms with Gasteiger partial charge in [-0.15, -0.1) is 12.4 Å². The molecule has 0 spiro atoms. The van der Waals surface area contributed by atoms with Gasteiger partial charge in [0.15, 0.2) is 0 Å². The standard InChI is InChI=1S/C19H25FN4O.ClH/c1-13-18(10-19(25)22-12-15-4-3-9-21-11-15)14(2)24(23-13)17-7-5-16(20)6-8-17;/h5-8,15,21H,3-4,9-12H2,1-2H3,(H,22,25);1H. The molecule has 142 valence electrons. The fourth-order valence-corrected chi connectivity index (χ4v) is 3.34. The van der Waals surface area contributed by atoms with E-state index in [1.54, 1.807) is 16.8 Å². The van der Waals surface area contributed by atoms with E-state index >= 15 is 0 Å². The number of hydrogen-bond acceptors (Lipinski definition) is 3. The molecule has 1 aromatic heterocycles. The van der Waals surface area contributed by atoms with Crippen molar-refractivity contribution in [3.63, 3.8) is 0 Å². The predicted molar refractivity (Wildman–Crippen MR) is 103 cm³/mol. The van der Waals surface area contributed by atoms with Gasteiger partial charge in [0.05, 0.1) is 17.8 Å². The molecule has 0 bridgehead atoms. The number of rotatable bonds is 5. The molecular weight excluding hydrogens is 355 g/mol. The minimum Gasteiger partial charge on any atom is -0.355 e. The van der Waals surface area contributed by atoms with Crippen molar-refractivity contribution in [2.45, 2.75) is 33.1 Å². The summed E-state index contributed by atoms with van der Waals surface area (Å²) in [6.45, 7) is 6.61. The highest BCUT2D eigenvalue weighted by molar-refractivity contribution is 5.85. The van der Waals surface area contributed by atoms with E-state index in [0.717, 1.165) is 48.7 Å². The van der Waals surface area contributed by atoms with Crippen molar-refractivity contribution in [3.05, 3.63) is 47.0 Å². The Morgan fingerprint density at radius 1 is 1.35 bits per heavy atom. The molecule has 2 heterocycles. The van der Waals surface area contributed by atoms with Gasteiger partial charge in [-0.25, -0.2) is 9.07 Å². The summed E-state index contributed by atoms with van der Waals surface area (Å²) >= 11 is 0. The number of benzene rings is 1. The maximum Gasteiger partial charge on any atom is 0.224 e. The Bertz CT molecular complexity index is 739. The molecule has 1 unspecified atom stereocenters. The number of amides is 1. The highest BCUT2D eigenvalue weighted by atomic mass is 35.5. The summed E-state index contributed by atoms with van der Waals surface area (Å²) in [5.41, 5.74) is 3.47. The van der Waals surface area contributed by atoms with E-state index in [4.69, 9.17) is 0 Å². The Balaban J connectivity index is 0.00000243. The van der Waals surface area contributed by atoms with Crippen molar-refractivity contribution in [2.24, 2.45) is 5.92 Å². The van der Waals surface area contributed by atoms with E-state index in [1.807, 2.05) is 13.8 Å². The fraction of sp³-hybridized carbons (Fsp3) is 0.474. The second kappa shape index (κ2) is 9.14. The molecule has 0 aliphatic carbocycles. The summed E-state index contributed by atoms with van der Waals surface area (Å²) in [6.07, 6.45) is 2.65. The lowest BCUT2D eigenvalue weighted by atomic mass is 9.99. The highest BCUT2D eigenvalue weighted by Gasteiger charge is 2.18. The monoisotopic (exact) mass is 380 g/mol. The van der Waals surface area contributed by atoms with Crippen molar-refractivity contribution in [2.75, 3.05) is 19.6 Å². The van der Waals surface area contributed by atoms with Crippen LogP contribution in [0.2, 0.25) is 0 Å². The van der Waals surface area contributed by atoms with Crippen LogP contribution in [0.25, 0.3) is 5.69 Å². The van der Waals surface area contributed by atoms with Crippen LogP contribution in [0, 0.1) is 25.6 Å². The van der Waals surface area contributed by atoms with Crippen LogP contribution in [-0.2, 0) is 11.2 Å². The van der Waals surface area contributed by atoms with Gasteiger partial charge < -0.3 is 10.6 Å². The molecule has 2 N–H and O–H groups in total. The van der Waals surface area contributed by atoms with Gasteiger partial charge in [0.25, 0.3) is 0 Å². The molecule has 1 amide bonds. The molecular formula is C19H26ClFN4O. The SMILES string of the molecule is Cc1nn(-c2ccc(F)cc2)c(C)c1CC(=O)NCC1CCCNC1.Cl. The zero-order chi connectivity index (χ0) is 17.8. The first-order chi connectivity index (χ1) is 12.0. The average molecular weight is 381 g/mol. The molecule has 26 heavy (non-hydrogen) atoms. The van der Waals surface area contributed by atoms with Gasteiger partial charge in [-0.1, -0.05) is 0 Å². The van der Waals surface area contributed by atoms with Crippen LogP contribution in [0.5, 0.6) is 0 Å². The number of piperidine rings is 1. The fourth-order valence-electron chi connectivity index (χ4n) is 3.34. The third-order valence-corrected chi connectivity index (χ3v) is 4.84. The molecule has 0 radical (unpaired) electrons. The summed E-state index contributed by atoms with van der Waals surface area (Å²) in [5.74, 6) is 0.263. The third-order valence-electron chi connectivity index (χ3n) is 4.84. The average Bonchev–Trinajstić information content (AvgIpc) is 2.90. The topological polar surface area (TPSA) is 59.0 Å². The number of nitrogens with one attached hydrogen (secondary N) is 2. The summed E-state index contributed by atoms with van der Waals surface area (Å²) in [6, 6.07) is 6.20. The number of nitrogens with zero attached hydrogens (tertiary/aromatic N) is 2. The molecule has 3 rings (SSSR count). The summed E-state index contributed by atoms with van der Waals surface area (Å²) in [5, 5.41) is 10.9. The number of carbonyl (C=O) groups excluding carboxylic acids is 1. The maximum absolute atomic E-state index is 13.1. The van der Waals surface area contributed by atoms with Crippen LogP contribution in [0.3, 0.4) is 0 Å². The molecule has 1 aliphatic rings. The minimum atomic E-state index is -0.276. The lowest BCUT2D eigenvalue weighted by Gasteiger charge is -2.22. The number of halogens is 2. The quantitative estimate of drug-likeness (QED) is 0.838. The number of aromatic nitrogens is 2. The first kappa shape index (κ1) is 20.4. The summed E-state index contributed by atoms with van der Waals surface area (Å²) in [7, 11) is 0. The van der Waals surface area contributed by atoms with Gasteiger partial charge in [-0.05, 0) is 70.0 Å². The predicted octanol–water partition coefficient (Wildman–Crippen LogP) is 2.71. The molecule has 1 fully saturated rings. The second-order valence-electron chi connectivity index (χ2n) is 6.73. The van der Waals surface area contributed by atoms with E-state index in [1.165, 1.54) is 18.6 Å². The van der Waals surface area contributed by atoms with E-state index in [9.17, 15) is 9.18 Å². The van der Waals surface area contributed by atoms with E-state index in [0.29, 0.717) is 12.3 Å². The van der Waals surface area contributed by atoms with Crippen molar-refractivity contribution in [3.8, 4) is 5.69 Å². The molecule has 0 saturated carbocycles. The normalized spacial score (nSPS) is 16.8. The highest BCUT2D eigenvalue weighted by Crippen LogP contribution is 2.19. The van der Waals surface area contributed by atoms with E-state index in [-0.39, 0.29) is 24.1 Å². The summed E-state index contributed by atoms with van der Waals surface area (Å²) < 4.78 is 14.9. The van der Waals surface area contributed by atoms with Crippen LogP contribution in [-0.4, -0.2) is 35.3 Å². The molecule has 1 saturated heterocycles. The first-order valence-electron chi connectivity index (χ1n) is 8.83. The van der Waals surface area contributed by atoms with Crippen molar-refractivity contribution in [1.82, 2.24) is 20.4 Å². The van der Waals surface area contributed by atoms with E-state index in [2.05, 4.69) is 15.7 Å². The lowest BCUT2D eigenvalue weighted by molar-refractivity contribution is -0.120. The van der Waals surface area contributed by atoms with Crippen LogP contribution < -0.4 is 10.6 Å². The molecule has 1 atom stereocenters. The smallest absolute Gasteiger partial charge is 0.224 e. The third kappa shape index (κ3) is 4.83. The van der Waals surface area contributed by atoms with Crippen LogP contribution in [0.1, 0.15) is 29.8 Å². The summed E-state index contributed by atoms with van der Waals surface area (Å²) in [4.78, 5) is 12.3. The molecule has 5 nitrogen and oxygen atoms in total. The van der Waals surface area contributed by atoms with Gasteiger partial charge >= 0.3 is 0 Å². The Kier molecular flexibility index (Phi) is 7.17. The largest absolute Gasteiger partial charge is 0.355 e. The Labute approximate surface area is 159 Å². The van der Waals surface area contributed by atoms with Gasteiger partial charge in [0.2, 0.25) is 5.91 Å². The molecule has 2 aromatic rings. The molecule has 1 aliphatic heterocycles. The first-order valence-corrected chi connectivity index (χ1v) is 8.83. The number of aryl methyl sites for hydroxylation is 1. The van der Waals surface area contributed by atoms with Gasteiger partial charge in [-0.2, -0.15) is 5.10 Å². The van der Waals surface area contributed by atoms with Gasteiger partial charge in [0, 0.05) is 17.8 Å². The lowest BCUT2D eigenvalue weighted by Crippen LogP contribution is -2.38. The Morgan fingerprint density at radius 2 is 2.08 bits per heavy atom. The van der Waals surface area contributed by atoms with Crippen molar-refractivity contribution < 1.29 is 9.18 Å². The zero-order valence-electron chi connectivity index (χ0n) is 15.2. The van der Waals surface area contributed by atoms with E-state index < -0.39 is 0 Å². The molecule has 1 aromatic carbocycles. The van der Waals surface area contributed by atoms with Gasteiger partial charge in [0.1, 0.15) is 5.82 Å². The Hall–Kier alpha value is -1.92. The minimum absolute atomic E-state index is 0. The van der Waals surface area contributed by atoms with Gasteiger partial charge in [-0.3, -0.25) is 4.79 Å². The number of hydrogen-bond donors (Lipinski definition) is 2. The van der Waals surface area contributed by atoms with Crippen LogP contribution in [0.15, 0.2) is 24.3 Å². The molecule has 7 heteroatoms. The number of carbonyl (C=O) groups is 1. The Morgan fingerprint density at radius 3 is 2.73 bits per heavy atom. The van der Waals surface area contributed by atoms with Crippen LogP contribution in [0.4, 0.5) is 4.39 Å². The zero-order valence-corrected chi connectivity index (χ0v) is 16.0. The maximum atomic E-state index is 13.1. The van der Waals surface area contributed by atoms with Crippen molar-refractivity contribution >= 4 is 18.3 Å². The van der Waals surface area contributed by atoms with Crippen LogP contribution >= 0.6 is 12.4 Å². The van der Waals surface area contributed by atoms with Crippen molar-refractivity contribution in [1.29, 1.82) is 0 Å².